The smallest absolute Gasteiger partial charge is 0.231 e. The van der Waals surface area contributed by atoms with Crippen molar-refractivity contribution in [3.05, 3.63) is 11.8 Å². The lowest BCUT2D eigenvalue weighted by atomic mass is 10.0. The predicted octanol–water partition coefficient (Wildman–Crippen LogP) is 1.29. The Labute approximate surface area is 93.8 Å². The third-order valence-corrected chi connectivity index (χ3v) is 2.98. The van der Waals surface area contributed by atoms with Crippen molar-refractivity contribution in [3.63, 3.8) is 0 Å². The number of aromatic nitrogens is 1. The first-order chi connectivity index (χ1) is 7.57. The highest BCUT2D eigenvalue weighted by atomic mass is 16.5. The standard InChI is InChI=1S/C11H16N2O3/c1-7(2)10(15)12-9-5-8(13-16-9)11(6-14)3-4-11/h5,7,14H,3-4,6H2,1-2H3,(H,12,15). The van der Waals surface area contributed by atoms with Crippen molar-refractivity contribution in [1.82, 2.24) is 5.16 Å². The number of anilines is 1. The van der Waals surface area contributed by atoms with Crippen LogP contribution in [0.25, 0.3) is 0 Å². The molecular formula is C11H16N2O3. The fourth-order valence-corrected chi connectivity index (χ4v) is 1.50. The fraction of sp³-hybridized carbons (Fsp3) is 0.636. The Morgan fingerprint density at radius 1 is 1.69 bits per heavy atom. The van der Waals surface area contributed by atoms with Gasteiger partial charge >= 0.3 is 0 Å². The maximum absolute atomic E-state index is 11.4. The molecule has 1 aliphatic carbocycles. The van der Waals surface area contributed by atoms with Crippen LogP contribution < -0.4 is 5.32 Å². The normalized spacial score (nSPS) is 17.5. The first kappa shape index (κ1) is 11.1. The van der Waals surface area contributed by atoms with Crippen molar-refractivity contribution in [3.8, 4) is 0 Å². The second-order valence-corrected chi connectivity index (χ2v) is 4.66. The van der Waals surface area contributed by atoms with Gasteiger partial charge in [-0.15, -0.1) is 0 Å². The van der Waals surface area contributed by atoms with Crippen LogP contribution >= 0.6 is 0 Å². The van der Waals surface area contributed by atoms with Gasteiger partial charge in [0.1, 0.15) is 0 Å². The van der Waals surface area contributed by atoms with Crippen LogP contribution in [0.4, 0.5) is 5.88 Å². The van der Waals surface area contributed by atoms with Crippen molar-refractivity contribution in [2.45, 2.75) is 32.1 Å². The van der Waals surface area contributed by atoms with Crippen molar-refractivity contribution in [1.29, 1.82) is 0 Å². The van der Waals surface area contributed by atoms with E-state index in [1.54, 1.807) is 6.07 Å². The minimum Gasteiger partial charge on any atom is -0.395 e. The first-order valence-electron chi connectivity index (χ1n) is 5.46. The molecule has 1 heterocycles. The van der Waals surface area contributed by atoms with Crippen molar-refractivity contribution >= 4 is 11.8 Å². The largest absolute Gasteiger partial charge is 0.395 e. The molecule has 1 aromatic rings. The van der Waals surface area contributed by atoms with Crippen molar-refractivity contribution < 1.29 is 14.4 Å². The summed E-state index contributed by atoms with van der Waals surface area (Å²) in [6.07, 6.45) is 1.85. The number of amides is 1. The monoisotopic (exact) mass is 224 g/mol. The first-order valence-corrected chi connectivity index (χ1v) is 5.46. The molecule has 1 fully saturated rings. The zero-order valence-corrected chi connectivity index (χ0v) is 9.49. The highest BCUT2D eigenvalue weighted by Gasteiger charge is 2.46. The van der Waals surface area contributed by atoms with E-state index in [9.17, 15) is 9.90 Å². The van der Waals surface area contributed by atoms with Gasteiger partial charge in [-0.25, -0.2) is 0 Å². The van der Waals surface area contributed by atoms with E-state index in [1.807, 2.05) is 13.8 Å². The Kier molecular flexibility index (Phi) is 2.71. The summed E-state index contributed by atoms with van der Waals surface area (Å²) in [5.41, 5.74) is 0.513. The Morgan fingerprint density at radius 3 is 2.88 bits per heavy atom. The Bertz CT molecular complexity index is 394. The number of carbonyl (C=O) groups is 1. The molecule has 1 aromatic heterocycles. The third-order valence-electron chi connectivity index (χ3n) is 2.98. The number of nitrogens with zero attached hydrogens (tertiary/aromatic N) is 1. The molecule has 2 rings (SSSR count). The van der Waals surface area contributed by atoms with Crippen LogP contribution in [-0.2, 0) is 10.2 Å². The maximum atomic E-state index is 11.4. The van der Waals surface area contributed by atoms with Crippen LogP contribution in [0.2, 0.25) is 0 Å². The average molecular weight is 224 g/mol. The quantitative estimate of drug-likeness (QED) is 0.808. The van der Waals surface area contributed by atoms with Crippen molar-refractivity contribution in [2.24, 2.45) is 5.92 Å². The van der Waals surface area contributed by atoms with E-state index in [4.69, 9.17) is 4.52 Å². The lowest BCUT2D eigenvalue weighted by molar-refractivity contribution is -0.119. The third kappa shape index (κ3) is 1.95. The van der Waals surface area contributed by atoms with Crippen LogP contribution in [0.15, 0.2) is 10.6 Å². The van der Waals surface area contributed by atoms with Gasteiger partial charge in [-0.2, -0.15) is 0 Å². The van der Waals surface area contributed by atoms with Crippen LogP contribution in [0.3, 0.4) is 0 Å². The number of nitrogens with one attached hydrogen (secondary N) is 1. The van der Waals surface area contributed by atoms with Crippen LogP contribution in [-0.4, -0.2) is 22.8 Å². The van der Waals surface area contributed by atoms with Gasteiger partial charge in [0.15, 0.2) is 0 Å². The number of aliphatic hydroxyl groups is 1. The van der Waals surface area contributed by atoms with E-state index in [0.29, 0.717) is 5.88 Å². The van der Waals surface area contributed by atoms with Gasteiger partial charge in [0, 0.05) is 17.4 Å². The second kappa shape index (κ2) is 3.90. The van der Waals surface area contributed by atoms with Gasteiger partial charge in [-0.3, -0.25) is 10.1 Å². The van der Waals surface area contributed by atoms with Gasteiger partial charge < -0.3 is 9.63 Å². The van der Waals surface area contributed by atoms with Gasteiger partial charge in [0.25, 0.3) is 0 Å². The number of rotatable bonds is 4. The number of carbonyl (C=O) groups excluding carboxylic acids is 1. The summed E-state index contributed by atoms with van der Waals surface area (Å²) >= 11 is 0. The van der Waals surface area contributed by atoms with Crippen molar-refractivity contribution in [2.75, 3.05) is 11.9 Å². The minimum atomic E-state index is -0.218. The molecule has 0 saturated heterocycles. The lowest BCUT2D eigenvalue weighted by Crippen LogP contribution is -2.17. The predicted molar refractivity (Wildman–Crippen MR) is 58.0 cm³/mol. The molecule has 16 heavy (non-hydrogen) atoms. The van der Waals surface area contributed by atoms with E-state index < -0.39 is 0 Å². The summed E-state index contributed by atoms with van der Waals surface area (Å²) < 4.78 is 5.02. The fourth-order valence-electron chi connectivity index (χ4n) is 1.50. The van der Waals surface area contributed by atoms with E-state index in [1.165, 1.54) is 0 Å². The molecule has 1 amide bonds. The molecule has 0 bridgehead atoms. The second-order valence-electron chi connectivity index (χ2n) is 4.66. The topological polar surface area (TPSA) is 75.4 Å². The molecule has 88 valence electrons. The van der Waals surface area contributed by atoms with Gasteiger partial charge in [0.05, 0.1) is 12.3 Å². The molecule has 2 N–H and O–H groups in total. The molecule has 0 atom stereocenters. The van der Waals surface area contributed by atoms with Gasteiger partial charge in [0.2, 0.25) is 11.8 Å². The SMILES string of the molecule is CC(C)C(=O)Nc1cc(C2(CO)CC2)no1. The zero-order chi connectivity index (χ0) is 11.8. The highest BCUT2D eigenvalue weighted by molar-refractivity contribution is 5.90. The highest BCUT2D eigenvalue weighted by Crippen LogP contribution is 2.47. The minimum absolute atomic E-state index is 0.0805. The summed E-state index contributed by atoms with van der Waals surface area (Å²) in [7, 11) is 0. The zero-order valence-electron chi connectivity index (χ0n) is 9.49. The molecule has 1 aliphatic rings. The molecule has 5 nitrogen and oxygen atoms in total. The number of hydrogen-bond donors (Lipinski definition) is 2. The summed E-state index contributed by atoms with van der Waals surface area (Å²) in [4.78, 5) is 11.4. The summed E-state index contributed by atoms with van der Waals surface area (Å²) in [5, 5.41) is 15.7. The maximum Gasteiger partial charge on any atom is 0.231 e. The Balaban J connectivity index is 2.06. The van der Waals surface area contributed by atoms with Crippen LogP contribution in [0, 0.1) is 5.92 Å². The lowest BCUT2D eigenvalue weighted by Gasteiger charge is -2.04. The number of aliphatic hydroxyl groups excluding tert-OH is 1. The molecule has 0 aromatic carbocycles. The molecule has 0 radical (unpaired) electrons. The molecule has 0 aliphatic heterocycles. The van der Waals surface area contributed by atoms with E-state index in [-0.39, 0.29) is 23.8 Å². The van der Waals surface area contributed by atoms with Gasteiger partial charge in [-0.1, -0.05) is 19.0 Å². The Hall–Kier alpha value is -1.36. The Morgan fingerprint density at radius 2 is 2.38 bits per heavy atom. The average Bonchev–Trinajstić information content (AvgIpc) is 2.93. The van der Waals surface area contributed by atoms with E-state index in [2.05, 4.69) is 10.5 Å². The molecule has 0 unspecified atom stereocenters. The molecular weight excluding hydrogens is 208 g/mol. The molecule has 1 saturated carbocycles. The number of hydrogen-bond acceptors (Lipinski definition) is 4. The summed E-state index contributed by atoms with van der Waals surface area (Å²) in [6.45, 7) is 3.70. The van der Waals surface area contributed by atoms with E-state index in [0.717, 1.165) is 18.5 Å². The summed E-state index contributed by atoms with van der Waals surface area (Å²) in [5.74, 6) is 0.159. The van der Waals surface area contributed by atoms with Gasteiger partial charge in [-0.05, 0) is 12.8 Å². The van der Waals surface area contributed by atoms with Crippen LogP contribution in [0.1, 0.15) is 32.4 Å². The summed E-state index contributed by atoms with van der Waals surface area (Å²) in [6, 6.07) is 1.70. The molecule has 0 spiro atoms. The van der Waals surface area contributed by atoms with Crippen LogP contribution in [0.5, 0.6) is 0 Å². The van der Waals surface area contributed by atoms with E-state index >= 15 is 0 Å². The molecule has 5 heteroatoms.